The average Bonchev–Trinajstić information content (AvgIpc) is 2.27. The van der Waals surface area contributed by atoms with Crippen molar-refractivity contribution in [3.8, 4) is 0 Å². The molecule has 2 aliphatic rings. The van der Waals surface area contributed by atoms with Gasteiger partial charge in [0, 0.05) is 19.2 Å². The molecule has 0 aromatic carbocycles. The Morgan fingerprint density at radius 1 is 1.59 bits per heavy atom. The van der Waals surface area contributed by atoms with Gasteiger partial charge in [-0.2, -0.15) is 5.10 Å². The number of nitrogens with one attached hydrogen (secondary N) is 1. The van der Waals surface area contributed by atoms with Gasteiger partial charge in [-0.15, -0.1) is 0 Å². The van der Waals surface area contributed by atoms with Gasteiger partial charge in [-0.25, -0.2) is 9.49 Å². The highest BCUT2D eigenvalue weighted by Gasteiger charge is 2.46. The molecule has 1 aromatic heterocycles. The standard InChI is InChI=1S/C11H14FN3O2/c12-8-1-2-11(17-5-8)6-15(7-11)9-3-10(16)14-13-4-9/h3-4,8H,1-2,5-7H2,(H,14,16)/t8-/m1/s1. The number of halogens is 1. The molecule has 5 nitrogen and oxygen atoms in total. The fraction of sp³-hybridized carbons (Fsp3) is 0.636. The number of anilines is 1. The van der Waals surface area contributed by atoms with Gasteiger partial charge >= 0.3 is 0 Å². The van der Waals surface area contributed by atoms with Crippen molar-refractivity contribution in [1.82, 2.24) is 10.2 Å². The van der Waals surface area contributed by atoms with Crippen molar-refractivity contribution in [2.75, 3.05) is 24.6 Å². The summed E-state index contributed by atoms with van der Waals surface area (Å²) in [5.41, 5.74) is 0.382. The summed E-state index contributed by atoms with van der Waals surface area (Å²) in [6.07, 6.45) is 2.12. The molecule has 3 heterocycles. The monoisotopic (exact) mass is 239 g/mol. The fourth-order valence-electron chi connectivity index (χ4n) is 2.46. The first-order chi connectivity index (χ1) is 8.17. The average molecular weight is 239 g/mol. The van der Waals surface area contributed by atoms with Gasteiger partial charge in [-0.05, 0) is 12.8 Å². The van der Waals surface area contributed by atoms with Crippen LogP contribution in [0.1, 0.15) is 12.8 Å². The zero-order valence-electron chi connectivity index (χ0n) is 9.36. The number of alkyl halides is 1. The van der Waals surface area contributed by atoms with Gasteiger partial charge in [0.25, 0.3) is 5.56 Å². The number of ether oxygens (including phenoxy) is 1. The van der Waals surface area contributed by atoms with Crippen LogP contribution in [0.15, 0.2) is 17.1 Å². The summed E-state index contributed by atoms with van der Waals surface area (Å²) < 4.78 is 18.5. The maximum atomic E-state index is 13.0. The highest BCUT2D eigenvalue weighted by Crippen LogP contribution is 2.36. The van der Waals surface area contributed by atoms with E-state index in [1.165, 1.54) is 6.07 Å². The second-order valence-corrected chi connectivity index (χ2v) is 4.79. The van der Waals surface area contributed by atoms with Crippen molar-refractivity contribution in [3.63, 3.8) is 0 Å². The minimum Gasteiger partial charge on any atom is -0.368 e. The summed E-state index contributed by atoms with van der Waals surface area (Å²) in [4.78, 5) is 13.1. The maximum absolute atomic E-state index is 13.0. The lowest BCUT2D eigenvalue weighted by molar-refractivity contribution is -0.120. The lowest BCUT2D eigenvalue weighted by Gasteiger charge is -2.52. The Balaban J connectivity index is 1.66. The molecular formula is C11H14FN3O2. The topological polar surface area (TPSA) is 58.2 Å². The van der Waals surface area contributed by atoms with Crippen LogP contribution in [0.4, 0.5) is 10.1 Å². The van der Waals surface area contributed by atoms with E-state index in [4.69, 9.17) is 4.74 Å². The minimum atomic E-state index is -0.823. The van der Waals surface area contributed by atoms with Crippen molar-refractivity contribution in [3.05, 3.63) is 22.6 Å². The molecule has 0 radical (unpaired) electrons. The summed E-state index contributed by atoms with van der Waals surface area (Å²) in [7, 11) is 0. The lowest BCUT2D eigenvalue weighted by Crippen LogP contribution is -2.65. The van der Waals surface area contributed by atoms with Crippen LogP contribution in [0.5, 0.6) is 0 Å². The van der Waals surface area contributed by atoms with Gasteiger partial charge in [-0.3, -0.25) is 4.79 Å². The van der Waals surface area contributed by atoms with Crippen LogP contribution < -0.4 is 10.5 Å². The molecule has 1 atom stereocenters. The van der Waals surface area contributed by atoms with Gasteiger partial charge in [0.2, 0.25) is 0 Å². The summed E-state index contributed by atoms with van der Waals surface area (Å²) in [6.45, 7) is 1.62. The number of rotatable bonds is 1. The second kappa shape index (κ2) is 3.80. The van der Waals surface area contributed by atoms with Crippen molar-refractivity contribution in [2.24, 2.45) is 0 Å². The Labute approximate surface area is 97.6 Å². The number of hydrogen-bond donors (Lipinski definition) is 1. The third-order valence-corrected chi connectivity index (χ3v) is 3.46. The minimum absolute atomic E-state index is 0.196. The van der Waals surface area contributed by atoms with E-state index in [9.17, 15) is 9.18 Å². The molecule has 0 unspecified atom stereocenters. The first-order valence-corrected chi connectivity index (χ1v) is 5.75. The summed E-state index contributed by atoms with van der Waals surface area (Å²) >= 11 is 0. The largest absolute Gasteiger partial charge is 0.368 e. The molecule has 6 heteroatoms. The van der Waals surface area contributed by atoms with E-state index < -0.39 is 6.17 Å². The third kappa shape index (κ3) is 1.93. The van der Waals surface area contributed by atoms with Crippen LogP contribution in [-0.2, 0) is 4.74 Å². The Kier molecular flexibility index (Phi) is 2.39. The van der Waals surface area contributed by atoms with Gasteiger partial charge in [0.1, 0.15) is 11.8 Å². The van der Waals surface area contributed by atoms with E-state index in [0.29, 0.717) is 19.5 Å². The fourth-order valence-corrected chi connectivity index (χ4v) is 2.46. The number of aromatic amines is 1. The van der Waals surface area contributed by atoms with Crippen molar-refractivity contribution < 1.29 is 9.13 Å². The molecule has 92 valence electrons. The summed E-state index contributed by atoms with van der Waals surface area (Å²) in [6, 6.07) is 1.51. The van der Waals surface area contributed by atoms with Crippen LogP contribution in [0.3, 0.4) is 0 Å². The van der Waals surface area contributed by atoms with E-state index in [-0.39, 0.29) is 17.8 Å². The highest BCUT2D eigenvalue weighted by atomic mass is 19.1. The Morgan fingerprint density at radius 3 is 3.06 bits per heavy atom. The Morgan fingerprint density at radius 2 is 2.41 bits per heavy atom. The first-order valence-electron chi connectivity index (χ1n) is 5.75. The number of nitrogens with zero attached hydrogens (tertiary/aromatic N) is 2. The predicted octanol–water partition coefficient (Wildman–Crippen LogP) is 0.477. The SMILES string of the molecule is O=c1cc(N2CC3(CC[C@@H](F)CO3)C2)cn[nH]1. The molecule has 1 spiro atoms. The van der Waals surface area contributed by atoms with Crippen molar-refractivity contribution in [1.29, 1.82) is 0 Å². The van der Waals surface area contributed by atoms with Crippen LogP contribution in [0, 0.1) is 0 Å². The molecule has 2 saturated heterocycles. The molecule has 0 saturated carbocycles. The van der Waals surface area contributed by atoms with Gasteiger partial charge in [-0.1, -0.05) is 0 Å². The van der Waals surface area contributed by atoms with Crippen LogP contribution in [0.2, 0.25) is 0 Å². The van der Waals surface area contributed by atoms with Crippen LogP contribution >= 0.6 is 0 Å². The molecule has 2 aliphatic heterocycles. The van der Waals surface area contributed by atoms with Crippen molar-refractivity contribution in [2.45, 2.75) is 24.6 Å². The second-order valence-electron chi connectivity index (χ2n) is 4.79. The number of aromatic nitrogens is 2. The Hall–Kier alpha value is -1.43. The normalized spacial score (nSPS) is 26.9. The summed E-state index contributed by atoms with van der Waals surface area (Å²) in [5.74, 6) is 0. The molecular weight excluding hydrogens is 225 g/mol. The van der Waals surface area contributed by atoms with Gasteiger partial charge in [0.15, 0.2) is 0 Å². The maximum Gasteiger partial charge on any atom is 0.266 e. The smallest absolute Gasteiger partial charge is 0.266 e. The molecule has 0 aliphatic carbocycles. The Bertz CT molecular complexity index is 460. The predicted molar refractivity (Wildman–Crippen MR) is 59.9 cm³/mol. The quantitative estimate of drug-likeness (QED) is 0.774. The van der Waals surface area contributed by atoms with Crippen LogP contribution in [-0.4, -0.2) is 41.7 Å². The molecule has 1 aromatic rings. The van der Waals surface area contributed by atoms with E-state index in [0.717, 1.165) is 12.1 Å². The lowest BCUT2D eigenvalue weighted by atomic mass is 9.85. The molecule has 0 bridgehead atoms. The van der Waals surface area contributed by atoms with E-state index in [1.807, 2.05) is 4.90 Å². The molecule has 3 rings (SSSR count). The molecule has 0 amide bonds. The highest BCUT2D eigenvalue weighted by molar-refractivity contribution is 5.47. The zero-order valence-corrected chi connectivity index (χ0v) is 9.36. The van der Waals surface area contributed by atoms with Crippen molar-refractivity contribution >= 4 is 5.69 Å². The number of hydrogen-bond acceptors (Lipinski definition) is 4. The van der Waals surface area contributed by atoms with Crippen LogP contribution in [0.25, 0.3) is 0 Å². The van der Waals surface area contributed by atoms with E-state index in [2.05, 4.69) is 10.2 Å². The first kappa shape index (κ1) is 10.7. The van der Waals surface area contributed by atoms with Gasteiger partial charge in [0.05, 0.1) is 18.5 Å². The number of H-pyrrole nitrogens is 1. The van der Waals surface area contributed by atoms with Gasteiger partial charge < -0.3 is 9.64 Å². The summed E-state index contributed by atoms with van der Waals surface area (Å²) in [5, 5.41) is 6.09. The zero-order chi connectivity index (χ0) is 11.9. The molecule has 1 N–H and O–H groups in total. The molecule has 17 heavy (non-hydrogen) atoms. The third-order valence-electron chi connectivity index (χ3n) is 3.46. The van der Waals surface area contributed by atoms with E-state index >= 15 is 0 Å². The van der Waals surface area contributed by atoms with E-state index in [1.54, 1.807) is 6.20 Å². The molecule has 2 fully saturated rings.